The van der Waals surface area contributed by atoms with Crippen LogP contribution in [0.1, 0.15) is 5.56 Å². The minimum atomic E-state index is 0. The molecule has 0 aliphatic heterocycles. The number of pyridine rings is 1. The minimum absolute atomic E-state index is 0. The van der Waals surface area contributed by atoms with Crippen LogP contribution in [0.25, 0.3) is 22.4 Å². The first-order chi connectivity index (χ1) is 9.34. The number of aromatic nitrogens is 1. The van der Waals surface area contributed by atoms with Gasteiger partial charge in [0.1, 0.15) is 0 Å². The van der Waals surface area contributed by atoms with Crippen LogP contribution in [-0.4, -0.2) is 30.8 Å². The predicted octanol–water partition coefficient (Wildman–Crippen LogP) is 3.54. The molecule has 2 heteroatoms. The molecule has 0 spiro atoms. The average molecular weight is 363 g/mol. The van der Waals surface area contributed by atoms with Crippen LogP contribution in [0.4, 0.5) is 0 Å². The summed E-state index contributed by atoms with van der Waals surface area (Å²) in [5, 5.41) is 0. The van der Waals surface area contributed by atoms with Crippen LogP contribution < -0.4 is 0 Å². The molecule has 1 aromatic heterocycles. The monoisotopic (exact) mass is 363 g/mol. The van der Waals surface area contributed by atoms with Gasteiger partial charge in [-0.25, -0.2) is 0 Å². The van der Waals surface area contributed by atoms with Gasteiger partial charge in [0, 0.05) is 11.8 Å². The Labute approximate surface area is 138 Å². The summed E-state index contributed by atoms with van der Waals surface area (Å²) in [5.41, 5.74) is 5.91. The number of benzene rings is 2. The maximum absolute atomic E-state index is 4.45. The molecule has 0 bridgehead atoms. The van der Waals surface area contributed by atoms with Crippen LogP contribution in [0.3, 0.4) is 0 Å². The van der Waals surface area contributed by atoms with Gasteiger partial charge < -0.3 is 0 Å². The summed E-state index contributed by atoms with van der Waals surface area (Å²) >= 11 is 0. The number of rotatable bonds is 2. The maximum atomic E-state index is 4.45. The fourth-order valence-electron chi connectivity index (χ4n) is 2.21. The molecule has 1 nitrogen and oxygen atoms in total. The first-order valence-electron chi connectivity index (χ1n) is 6.42. The van der Waals surface area contributed by atoms with Crippen molar-refractivity contribution in [3.8, 4) is 22.4 Å². The van der Waals surface area contributed by atoms with E-state index in [9.17, 15) is 0 Å². The summed E-state index contributed by atoms with van der Waals surface area (Å²) in [6.07, 6.45) is 1.83. The van der Waals surface area contributed by atoms with Crippen LogP contribution >= 0.6 is 0 Å². The zero-order valence-corrected chi connectivity index (χ0v) is 10.9. The first kappa shape index (κ1) is 14.9. The van der Waals surface area contributed by atoms with E-state index < -0.39 is 0 Å². The number of nitrogens with zero attached hydrogens (tertiary/aromatic N) is 1. The molecule has 3 rings (SSSR count). The van der Waals surface area contributed by atoms with E-state index in [2.05, 4.69) is 60.4 Å². The molecule has 1 heterocycles. The molecule has 0 saturated heterocycles. The third-order valence-corrected chi connectivity index (χ3v) is 3.23. The molecule has 3 aromatic rings. The van der Waals surface area contributed by atoms with Crippen LogP contribution in [0, 0.1) is 6.92 Å². The van der Waals surface area contributed by atoms with E-state index in [0.717, 1.165) is 5.69 Å². The van der Waals surface area contributed by atoms with Crippen LogP contribution in [0.5, 0.6) is 0 Å². The summed E-state index contributed by atoms with van der Waals surface area (Å²) in [5.74, 6) is 0. The zero-order chi connectivity index (χ0) is 13.1. The van der Waals surface area contributed by atoms with Crippen LogP contribution in [0.15, 0.2) is 72.9 Å². The van der Waals surface area contributed by atoms with Crippen LogP contribution in [-0.2, 0) is 0 Å². The Kier molecular flexibility index (Phi) is 5.02. The molecule has 0 unspecified atom stereocenters. The molecule has 0 fully saturated rings. The molecule has 0 aliphatic rings. The molecule has 0 saturated carbocycles. The van der Waals surface area contributed by atoms with Gasteiger partial charge in [0.25, 0.3) is 0 Å². The number of hydrogen-bond donors (Lipinski definition) is 0. The van der Waals surface area contributed by atoms with Crippen molar-refractivity contribution in [2.75, 3.05) is 0 Å². The first-order valence-corrected chi connectivity index (χ1v) is 6.42. The SMILES string of the molecule is Cc1ccc(-c2ccccc2-c2ccccn2)cc1.[InH3]. The van der Waals surface area contributed by atoms with Gasteiger partial charge in [-0.15, -0.1) is 0 Å². The fourth-order valence-corrected chi connectivity index (χ4v) is 2.21. The van der Waals surface area contributed by atoms with Crippen molar-refractivity contribution in [3.05, 3.63) is 78.5 Å². The van der Waals surface area contributed by atoms with E-state index in [4.69, 9.17) is 0 Å². The van der Waals surface area contributed by atoms with Gasteiger partial charge >= 0.3 is 25.8 Å². The van der Waals surface area contributed by atoms with E-state index in [-0.39, 0.29) is 25.8 Å². The Hall–Kier alpha value is -1.54. The van der Waals surface area contributed by atoms with Crippen LogP contribution in [0.2, 0.25) is 0 Å². The fraction of sp³-hybridized carbons (Fsp3) is 0.0556. The van der Waals surface area contributed by atoms with Gasteiger partial charge in [0.2, 0.25) is 0 Å². The number of aryl methyl sites for hydroxylation is 1. The van der Waals surface area contributed by atoms with Gasteiger partial charge in [0.15, 0.2) is 0 Å². The standard InChI is InChI=1S/C18H15N.In.3H/c1-14-9-11-15(12-10-14)16-6-2-3-7-17(16)18-8-4-5-13-19-18;;;;/h2-13H,1H3;;;;. The summed E-state index contributed by atoms with van der Waals surface area (Å²) in [7, 11) is 0. The summed E-state index contributed by atoms with van der Waals surface area (Å²) < 4.78 is 0. The van der Waals surface area contributed by atoms with Crippen molar-refractivity contribution in [2.45, 2.75) is 6.92 Å². The van der Waals surface area contributed by atoms with E-state index in [1.807, 2.05) is 24.4 Å². The second-order valence-electron chi connectivity index (χ2n) is 4.63. The molecule has 0 N–H and O–H groups in total. The third kappa shape index (κ3) is 3.13. The quantitative estimate of drug-likeness (QED) is 0.679. The molecule has 20 heavy (non-hydrogen) atoms. The van der Waals surface area contributed by atoms with Gasteiger partial charge in [-0.3, -0.25) is 4.98 Å². The van der Waals surface area contributed by atoms with Crippen molar-refractivity contribution in [3.63, 3.8) is 0 Å². The molecule has 2 aromatic carbocycles. The Bertz CT molecular complexity index is 675. The Morgan fingerprint density at radius 2 is 1.35 bits per heavy atom. The van der Waals surface area contributed by atoms with Crippen molar-refractivity contribution in [2.24, 2.45) is 0 Å². The molecule has 0 atom stereocenters. The van der Waals surface area contributed by atoms with E-state index in [1.165, 1.54) is 22.3 Å². The Morgan fingerprint density at radius 3 is 2.00 bits per heavy atom. The summed E-state index contributed by atoms with van der Waals surface area (Å²) in [4.78, 5) is 4.45. The molecule has 0 aliphatic carbocycles. The Balaban J connectivity index is 0.00000147. The van der Waals surface area contributed by atoms with Gasteiger partial charge in [-0.1, -0.05) is 60.2 Å². The zero-order valence-electron chi connectivity index (χ0n) is 10.9. The van der Waals surface area contributed by atoms with E-state index >= 15 is 0 Å². The average Bonchev–Trinajstić information content (AvgIpc) is 2.49. The normalized spacial score (nSPS) is 9.85. The van der Waals surface area contributed by atoms with Gasteiger partial charge in [-0.2, -0.15) is 0 Å². The van der Waals surface area contributed by atoms with Crippen molar-refractivity contribution in [1.82, 2.24) is 4.98 Å². The van der Waals surface area contributed by atoms with Crippen molar-refractivity contribution < 1.29 is 0 Å². The van der Waals surface area contributed by atoms with Gasteiger partial charge in [-0.05, 0) is 30.2 Å². The topological polar surface area (TPSA) is 12.9 Å². The van der Waals surface area contributed by atoms with Crippen molar-refractivity contribution >= 4 is 25.8 Å². The molecule has 98 valence electrons. The molecular formula is C18H18InN. The Morgan fingerprint density at radius 1 is 0.700 bits per heavy atom. The molecular weight excluding hydrogens is 345 g/mol. The van der Waals surface area contributed by atoms with E-state index in [1.54, 1.807) is 0 Å². The predicted molar refractivity (Wildman–Crippen MR) is 89.8 cm³/mol. The molecule has 0 radical (unpaired) electrons. The second-order valence-corrected chi connectivity index (χ2v) is 4.63. The number of hydrogen-bond acceptors (Lipinski definition) is 1. The van der Waals surface area contributed by atoms with Gasteiger partial charge in [0.05, 0.1) is 5.69 Å². The third-order valence-electron chi connectivity index (χ3n) is 3.23. The molecule has 0 amide bonds. The van der Waals surface area contributed by atoms with E-state index in [0.29, 0.717) is 0 Å². The summed E-state index contributed by atoms with van der Waals surface area (Å²) in [6.45, 7) is 2.11. The summed E-state index contributed by atoms with van der Waals surface area (Å²) in [6, 6.07) is 23.0. The van der Waals surface area contributed by atoms with Crippen molar-refractivity contribution in [1.29, 1.82) is 0 Å². The second kappa shape index (κ2) is 6.76.